The van der Waals surface area contributed by atoms with Gasteiger partial charge in [0, 0.05) is 21.4 Å². The molecule has 0 bridgehead atoms. The number of hydrogen-bond donors (Lipinski definition) is 0. The summed E-state index contributed by atoms with van der Waals surface area (Å²) in [7, 11) is 0. The predicted molar refractivity (Wildman–Crippen MR) is 124 cm³/mol. The standard InChI is InChI=1S/C25H17BrN2S/c26-21-13-11-19(12-14-21)22-15-24(20-9-5-2-6-10-20)28-25(23(22)16-27)29-17-18-7-3-1-4-8-18/h1-15H,17H2. The largest absolute Gasteiger partial charge is 0.240 e. The van der Waals surface area contributed by atoms with E-state index in [1.54, 1.807) is 11.8 Å². The van der Waals surface area contributed by atoms with Crippen LogP contribution in [0.1, 0.15) is 11.1 Å². The molecule has 0 aliphatic heterocycles. The van der Waals surface area contributed by atoms with E-state index in [0.29, 0.717) is 5.56 Å². The van der Waals surface area contributed by atoms with Crippen molar-refractivity contribution in [1.82, 2.24) is 4.98 Å². The monoisotopic (exact) mass is 456 g/mol. The van der Waals surface area contributed by atoms with Gasteiger partial charge >= 0.3 is 0 Å². The number of halogens is 1. The van der Waals surface area contributed by atoms with Crippen molar-refractivity contribution in [3.05, 3.63) is 107 Å². The Morgan fingerprint density at radius 1 is 0.828 bits per heavy atom. The molecule has 140 valence electrons. The summed E-state index contributed by atoms with van der Waals surface area (Å²) in [6.45, 7) is 0. The van der Waals surface area contributed by atoms with Gasteiger partial charge in [0.15, 0.2) is 0 Å². The molecule has 4 aromatic rings. The van der Waals surface area contributed by atoms with E-state index in [1.807, 2.05) is 78.9 Å². The number of thioether (sulfide) groups is 1. The molecule has 0 N–H and O–H groups in total. The average Bonchev–Trinajstić information content (AvgIpc) is 2.79. The van der Waals surface area contributed by atoms with Crippen LogP contribution < -0.4 is 0 Å². The Labute approximate surface area is 183 Å². The lowest BCUT2D eigenvalue weighted by Crippen LogP contribution is -1.96. The first-order valence-electron chi connectivity index (χ1n) is 9.18. The molecule has 29 heavy (non-hydrogen) atoms. The number of hydrogen-bond acceptors (Lipinski definition) is 3. The smallest absolute Gasteiger partial charge is 0.115 e. The number of nitriles is 1. The Hall–Kier alpha value is -2.87. The summed E-state index contributed by atoms with van der Waals surface area (Å²) >= 11 is 5.09. The fraction of sp³-hybridized carbons (Fsp3) is 0.0400. The number of aromatic nitrogens is 1. The van der Waals surface area contributed by atoms with Crippen molar-refractivity contribution in [1.29, 1.82) is 5.26 Å². The van der Waals surface area contributed by atoms with Crippen LogP contribution >= 0.6 is 27.7 Å². The lowest BCUT2D eigenvalue weighted by atomic mass is 9.99. The molecule has 4 heteroatoms. The Bertz CT molecular complexity index is 1150. The van der Waals surface area contributed by atoms with Crippen molar-refractivity contribution in [2.75, 3.05) is 0 Å². The van der Waals surface area contributed by atoms with Crippen molar-refractivity contribution in [3.8, 4) is 28.5 Å². The first-order chi connectivity index (χ1) is 14.2. The summed E-state index contributed by atoms with van der Waals surface area (Å²) in [5, 5.41) is 10.7. The van der Waals surface area contributed by atoms with Gasteiger partial charge in [-0.25, -0.2) is 4.98 Å². The number of nitrogens with zero attached hydrogens (tertiary/aromatic N) is 2. The lowest BCUT2D eigenvalue weighted by molar-refractivity contribution is 1.12. The number of pyridine rings is 1. The minimum Gasteiger partial charge on any atom is -0.240 e. The molecule has 0 radical (unpaired) electrons. The molecule has 0 amide bonds. The van der Waals surface area contributed by atoms with Crippen molar-refractivity contribution in [2.24, 2.45) is 0 Å². The molecule has 4 rings (SSSR count). The first-order valence-corrected chi connectivity index (χ1v) is 11.0. The Morgan fingerprint density at radius 3 is 2.14 bits per heavy atom. The summed E-state index contributed by atoms with van der Waals surface area (Å²) < 4.78 is 1.01. The fourth-order valence-electron chi connectivity index (χ4n) is 3.07. The van der Waals surface area contributed by atoms with E-state index in [1.165, 1.54) is 5.56 Å². The van der Waals surface area contributed by atoms with Gasteiger partial charge in [-0.05, 0) is 29.3 Å². The van der Waals surface area contributed by atoms with Gasteiger partial charge < -0.3 is 0 Å². The zero-order valence-corrected chi connectivity index (χ0v) is 18.0. The zero-order valence-electron chi connectivity index (χ0n) is 15.5. The van der Waals surface area contributed by atoms with Gasteiger partial charge in [-0.1, -0.05) is 88.7 Å². The second-order valence-electron chi connectivity index (χ2n) is 6.49. The quantitative estimate of drug-likeness (QED) is 0.294. The number of rotatable bonds is 5. The third kappa shape index (κ3) is 4.59. The van der Waals surface area contributed by atoms with Crippen LogP contribution in [-0.2, 0) is 5.75 Å². The van der Waals surface area contributed by atoms with Gasteiger partial charge in [0.25, 0.3) is 0 Å². The Morgan fingerprint density at radius 2 is 1.48 bits per heavy atom. The molecule has 1 aromatic heterocycles. The molecule has 0 fully saturated rings. The normalized spacial score (nSPS) is 10.5. The van der Waals surface area contributed by atoms with Gasteiger partial charge in [0.2, 0.25) is 0 Å². The van der Waals surface area contributed by atoms with Crippen LogP contribution in [0, 0.1) is 11.3 Å². The first kappa shape index (κ1) is 19.4. The minimum absolute atomic E-state index is 0.618. The molecular formula is C25H17BrN2S. The van der Waals surface area contributed by atoms with E-state index < -0.39 is 0 Å². The molecule has 0 aliphatic rings. The van der Waals surface area contributed by atoms with Crippen LogP contribution in [0.2, 0.25) is 0 Å². The highest BCUT2D eigenvalue weighted by Crippen LogP contribution is 2.35. The third-order valence-electron chi connectivity index (χ3n) is 4.54. The van der Waals surface area contributed by atoms with Crippen LogP contribution in [0.5, 0.6) is 0 Å². The second kappa shape index (κ2) is 9.09. The SMILES string of the molecule is N#Cc1c(-c2ccc(Br)cc2)cc(-c2ccccc2)nc1SCc1ccccc1. The van der Waals surface area contributed by atoms with Gasteiger partial charge in [-0.3, -0.25) is 0 Å². The van der Waals surface area contributed by atoms with E-state index in [-0.39, 0.29) is 0 Å². The molecule has 2 nitrogen and oxygen atoms in total. The summed E-state index contributed by atoms with van der Waals surface area (Å²) in [5.74, 6) is 0.764. The van der Waals surface area contributed by atoms with Gasteiger partial charge in [0.05, 0.1) is 11.3 Å². The molecule has 0 aliphatic carbocycles. The van der Waals surface area contributed by atoms with E-state index in [9.17, 15) is 5.26 Å². The molecule has 0 saturated carbocycles. The molecular weight excluding hydrogens is 440 g/mol. The number of benzene rings is 3. The topological polar surface area (TPSA) is 36.7 Å². The predicted octanol–water partition coefficient (Wildman–Crippen LogP) is 7.34. The van der Waals surface area contributed by atoms with Crippen LogP contribution in [0.4, 0.5) is 0 Å². The fourth-order valence-corrected chi connectivity index (χ4v) is 4.30. The maximum absolute atomic E-state index is 9.96. The molecule has 0 spiro atoms. The van der Waals surface area contributed by atoms with E-state index in [4.69, 9.17) is 4.98 Å². The van der Waals surface area contributed by atoms with E-state index >= 15 is 0 Å². The van der Waals surface area contributed by atoms with Crippen LogP contribution in [0.3, 0.4) is 0 Å². The van der Waals surface area contributed by atoms with Crippen molar-refractivity contribution in [3.63, 3.8) is 0 Å². The zero-order chi connectivity index (χ0) is 20.1. The molecule has 0 atom stereocenters. The second-order valence-corrected chi connectivity index (χ2v) is 8.37. The minimum atomic E-state index is 0.618. The summed E-state index contributed by atoms with van der Waals surface area (Å²) in [6.07, 6.45) is 0. The van der Waals surface area contributed by atoms with Gasteiger partial charge in [0.1, 0.15) is 11.1 Å². The van der Waals surface area contributed by atoms with E-state index in [0.717, 1.165) is 37.6 Å². The molecule has 1 heterocycles. The van der Waals surface area contributed by atoms with Gasteiger partial charge in [-0.2, -0.15) is 5.26 Å². The van der Waals surface area contributed by atoms with Crippen molar-refractivity contribution < 1.29 is 0 Å². The lowest BCUT2D eigenvalue weighted by Gasteiger charge is -2.13. The highest BCUT2D eigenvalue weighted by Gasteiger charge is 2.16. The summed E-state index contributed by atoms with van der Waals surface area (Å²) in [5.41, 5.74) is 5.65. The van der Waals surface area contributed by atoms with Crippen LogP contribution in [0.15, 0.2) is 100 Å². The highest BCUT2D eigenvalue weighted by molar-refractivity contribution is 9.10. The van der Waals surface area contributed by atoms with Crippen LogP contribution in [0.25, 0.3) is 22.4 Å². The van der Waals surface area contributed by atoms with Crippen molar-refractivity contribution in [2.45, 2.75) is 10.8 Å². The maximum atomic E-state index is 9.96. The highest BCUT2D eigenvalue weighted by atomic mass is 79.9. The van der Waals surface area contributed by atoms with Crippen molar-refractivity contribution >= 4 is 27.7 Å². The van der Waals surface area contributed by atoms with Gasteiger partial charge in [-0.15, -0.1) is 11.8 Å². The third-order valence-corrected chi connectivity index (χ3v) is 6.12. The Balaban J connectivity index is 1.82. The van der Waals surface area contributed by atoms with Crippen LogP contribution in [-0.4, -0.2) is 4.98 Å². The summed E-state index contributed by atoms with van der Waals surface area (Å²) in [4.78, 5) is 4.86. The van der Waals surface area contributed by atoms with E-state index in [2.05, 4.69) is 34.1 Å². The molecule has 0 saturated heterocycles. The Kier molecular flexibility index (Phi) is 6.09. The molecule has 3 aromatic carbocycles. The average molecular weight is 457 g/mol. The maximum Gasteiger partial charge on any atom is 0.115 e. The summed E-state index contributed by atoms with van der Waals surface area (Å²) in [6, 6.07) is 32.8. The molecule has 0 unspecified atom stereocenters.